The van der Waals surface area contributed by atoms with Crippen LogP contribution in [0.15, 0.2) is 23.1 Å². The molecule has 0 heterocycles. The molecule has 0 aliphatic heterocycles. The average Bonchev–Trinajstić information content (AvgIpc) is 2.37. The molecule has 1 atom stereocenters. The zero-order valence-electron chi connectivity index (χ0n) is 11.3. The van der Waals surface area contributed by atoms with Gasteiger partial charge < -0.3 is 9.42 Å². The van der Waals surface area contributed by atoms with Gasteiger partial charge in [0.15, 0.2) is 6.35 Å². The highest BCUT2D eigenvalue weighted by Gasteiger charge is 2.27. The minimum Gasteiger partial charge on any atom is -0.323 e. The van der Waals surface area contributed by atoms with Crippen molar-refractivity contribution >= 4 is 40.9 Å². The second kappa shape index (κ2) is 7.42. The predicted octanol–water partition coefficient (Wildman–Crippen LogP) is 3.51. The normalized spacial score (nSPS) is 15.1. The van der Waals surface area contributed by atoms with Gasteiger partial charge in [0.05, 0.1) is 11.6 Å². The molecule has 0 amide bonds. The fraction of sp³-hybridized carbons (Fsp3) is 0.455. The van der Waals surface area contributed by atoms with Crippen molar-refractivity contribution in [1.82, 2.24) is 0 Å². The lowest BCUT2D eigenvalue weighted by atomic mass is 10.2. The molecule has 1 unspecified atom stereocenters. The number of halogens is 2. The number of rotatable bonds is 7. The average molecular weight is 377 g/mol. The van der Waals surface area contributed by atoms with E-state index in [9.17, 15) is 17.9 Å². The van der Waals surface area contributed by atoms with Crippen molar-refractivity contribution in [3.8, 4) is 0 Å². The molecule has 1 rings (SSSR count). The van der Waals surface area contributed by atoms with Crippen LogP contribution in [0.1, 0.15) is 13.8 Å². The van der Waals surface area contributed by atoms with Crippen LogP contribution in [0.5, 0.6) is 0 Å². The van der Waals surface area contributed by atoms with E-state index >= 15 is 0 Å². The van der Waals surface area contributed by atoms with Gasteiger partial charge in [0.2, 0.25) is 0 Å². The highest BCUT2D eigenvalue weighted by molar-refractivity contribution is 7.87. The van der Waals surface area contributed by atoms with E-state index in [0.717, 1.165) is 6.07 Å². The zero-order valence-corrected chi connectivity index (χ0v) is 14.5. The van der Waals surface area contributed by atoms with Crippen LogP contribution in [-0.4, -0.2) is 26.3 Å². The van der Waals surface area contributed by atoms with Gasteiger partial charge in [-0.1, -0.05) is 37.0 Å². The SMILES string of the molecule is CC(C)COP(=O)(O)COS(=O)(=O)c1cc(Cl)ccc1Cl. The van der Waals surface area contributed by atoms with E-state index in [0.29, 0.717) is 0 Å². The molecule has 6 nitrogen and oxygen atoms in total. The third kappa shape index (κ3) is 6.24. The van der Waals surface area contributed by atoms with Crippen LogP contribution in [0.25, 0.3) is 0 Å². The maximum Gasteiger partial charge on any atom is 0.355 e. The van der Waals surface area contributed by atoms with E-state index in [1.807, 2.05) is 0 Å². The summed E-state index contributed by atoms with van der Waals surface area (Å²) >= 11 is 11.4. The Hall–Kier alpha value is -0.140. The Morgan fingerprint density at radius 2 is 1.95 bits per heavy atom. The second-order valence-corrected chi connectivity index (χ2v) is 8.82. The maximum atomic E-state index is 11.9. The maximum absolute atomic E-state index is 11.9. The summed E-state index contributed by atoms with van der Waals surface area (Å²) in [4.78, 5) is 9.11. The minimum atomic E-state index is -4.31. The van der Waals surface area contributed by atoms with Crippen molar-refractivity contribution in [3.63, 3.8) is 0 Å². The van der Waals surface area contributed by atoms with Crippen molar-refractivity contribution in [3.05, 3.63) is 28.2 Å². The second-order valence-electron chi connectivity index (χ2n) is 4.60. The quantitative estimate of drug-likeness (QED) is 0.578. The smallest absolute Gasteiger partial charge is 0.323 e. The molecule has 21 heavy (non-hydrogen) atoms. The summed E-state index contributed by atoms with van der Waals surface area (Å²) in [6, 6.07) is 3.79. The molecule has 120 valence electrons. The fourth-order valence-electron chi connectivity index (χ4n) is 1.17. The predicted molar refractivity (Wildman–Crippen MR) is 80.2 cm³/mol. The molecule has 0 fully saturated rings. The summed E-state index contributed by atoms with van der Waals surface area (Å²) in [5, 5.41) is 0.0417. The minimum absolute atomic E-state index is 0.00903. The number of hydrogen-bond donors (Lipinski definition) is 1. The Bertz CT molecular complexity index is 646. The van der Waals surface area contributed by atoms with Crippen LogP contribution >= 0.6 is 30.8 Å². The van der Waals surface area contributed by atoms with E-state index in [1.54, 1.807) is 13.8 Å². The summed E-state index contributed by atoms with van der Waals surface area (Å²) in [6.45, 7) is 3.57. The zero-order chi connectivity index (χ0) is 16.3. The lowest BCUT2D eigenvalue weighted by Gasteiger charge is -2.14. The largest absolute Gasteiger partial charge is 0.355 e. The van der Waals surface area contributed by atoms with Crippen molar-refractivity contribution in [1.29, 1.82) is 0 Å². The first-order valence-electron chi connectivity index (χ1n) is 5.84. The first-order valence-corrected chi connectivity index (χ1v) is 9.77. The van der Waals surface area contributed by atoms with E-state index in [1.165, 1.54) is 12.1 Å². The first kappa shape index (κ1) is 18.9. The van der Waals surface area contributed by atoms with E-state index in [2.05, 4.69) is 4.18 Å². The van der Waals surface area contributed by atoms with Crippen LogP contribution in [0.3, 0.4) is 0 Å². The van der Waals surface area contributed by atoms with Gasteiger partial charge in [-0.15, -0.1) is 0 Å². The van der Waals surface area contributed by atoms with Gasteiger partial charge in [0, 0.05) is 5.02 Å². The Morgan fingerprint density at radius 3 is 2.52 bits per heavy atom. The molecule has 0 radical (unpaired) electrons. The lowest BCUT2D eigenvalue weighted by Crippen LogP contribution is -2.11. The molecule has 1 aromatic rings. The Balaban J connectivity index is 2.82. The van der Waals surface area contributed by atoms with Gasteiger partial charge in [-0.05, 0) is 24.1 Å². The molecule has 0 aliphatic rings. The standard InChI is InChI=1S/C11H15Cl2O6PS/c1-8(2)6-18-20(14,15)7-19-21(16,17)11-5-9(12)3-4-10(11)13/h3-5,8H,6-7H2,1-2H3,(H,14,15). The summed E-state index contributed by atoms with van der Waals surface area (Å²) in [7, 11) is -8.48. The van der Waals surface area contributed by atoms with Crippen molar-refractivity contribution in [2.24, 2.45) is 5.92 Å². The van der Waals surface area contributed by atoms with Gasteiger partial charge in [0.1, 0.15) is 4.90 Å². The Kier molecular flexibility index (Phi) is 6.68. The summed E-state index contributed by atoms with van der Waals surface area (Å²) in [5.74, 6) is 0.0180. The molecule has 0 aromatic heterocycles. The van der Waals surface area contributed by atoms with E-state index < -0.39 is 24.1 Å². The molecule has 0 saturated carbocycles. The molecule has 0 spiro atoms. The lowest BCUT2D eigenvalue weighted by molar-refractivity contribution is 0.209. The van der Waals surface area contributed by atoms with E-state index in [4.69, 9.17) is 27.7 Å². The summed E-state index contributed by atoms with van der Waals surface area (Å²) in [6.07, 6.45) is -0.995. The molecule has 10 heteroatoms. The molecule has 0 bridgehead atoms. The van der Waals surface area contributed by atoms with Gasteiger partial charge in [-0.2, -0.15) is 8.42 Å². The van der Waals surface area contributed by atoms with Crippen LogP contribution in [0.2, 0.25) is 10.0 Å². The Labute approximate surface area is 133 Å². The van der Waals surface area contributed by atoms with Crippen molar-refractivity contribution < 1.29 is 26.6 Å². The van der Waals surface area contributed by atoms with Crippen molar-refractivity contribution in [2.45, 2.75) is 18.7 Å². The number of benzene rings is 1. The van der Waals surface area contributed by atoms with Gasteiger partial charge in [-0.3, -0.25) is 8.75 Å². The first-order chi connectivity index (χ1) is 9.53. The van der Waals surface area contributed by atoms with Crippen LogP contribution < -0.4 is 0 Å². The van der Waals surface area contributed by atoms with Gasteiger partial charge in [0.25, 0.3) is 10.1 Å². The monoisotopic (exact) mass is 376 g/mol. The van der Waals surface area contributed by atoms with Crippen LogP contribution in [0, 0.1) is 5.92 Å². The summed E-state index contributed by atoms with van der Waals surface area (Å²) < 4.78 is 44.8. The van der Waals surface area contributed by atoms with Crippen LogP contribution in [0.4, 0.5) is 0 Å². The van der Waals surface area contributed by atoms with Gasteiger partial charge in [-0.25, -0.2) is 0 Å². The molecule has 0 saturated heterocycles. The highest BCUT2D eigenvalue weighted by Crippen LogP contribution is 2.43. The molecular formula is C11H15Cl2O6PS. The topological polar surface area (TPSA) is 89.9 Å². The Morgan fingerprint density at radius 1 is 1.33 bits per heavy atom. The molecule has 1 aromatic carbocycles. The van der Waals surface area contributed by atoms with E-state index in [-0.39, 0.29) is 27.5 Å². The fourth-order valence-corrected chi connectivity index (χ4v) is 4.21. The number of hydrogen-bond acceptors (Lipinski definition) is 5. The van der Waals surface area contributed by atoms with Crippen LogP contribution in [-0.2, 0) is 23.4 Å². The third-order valence-electron chi connectivity index (χ3n) is 2.14. The third-order valence-corrected chi connectivity index (χ3v) is 5.31. The van der Waals surface area contributed by atoms with Gasteiger partial charge >= 0.3 is 7.60 Å². The molecule has 0 aliphatic carbocycles. The summed E-state index contributed by atoms with van der Waals surface area (Å²) in [5.41, 5.74) is 0. The van der Waals surface area contributed by atoms with Crippen molar-refractivity contribution in [2.75, 3.05) is 13.0 Å². The highest BCUT2D eigenvalue weighted by atomic mass is 35.5. The molecule has 1 N–H and O–H groups in total. The molecular weight excluding hydrogens is 362 g/mol.